The van der Waals surface area contributed by atoms with Crippen LogP contribution in [0.2, 0.25) is 0 Å². The zero-order valence-corrected chi connectivity index (χ0v) is 15.8. The van der Waals surface area contributed by atoms with Crippen LogP contribution < -0.4 is 5.32 Å². The lowest BCUT2D eigenvalue weighted by Crippen LogP contribution is -2.39. The average Bonchev–Trinajstić information content (AvgIpc) is 2.56. The van der Waals surface area contributed by atoms with E-state index in [1.165, 1.54) is 19.4 Å². The maximum atomic E-state index is 4.82. The monoisotopic (exact) mass is 339 g/mol. The van der Waals surface area contributed by atoms with Crippen molar-refractivity contribution >= 4 is 11.6 Å². The van der Waals surface area contributed by atoms with E-state index in [9.17, 15) is 0 Å². The third kappa shape index (κ3) is 4.98. The van der Waals surface area contributed by atoms with Crippen LogP contribution in [0, 0.1) is 12.3 Å². The molecule has 1 fully saturated rings. The first-order valence-corrected chi connectivity index (χ1v) is 9.14. The van der Waals surface area contributed by atoms with E-state index in [1.807, 2.05) is 25.3 Å². The van der Waals surface area contributed by atoms with Crippen molar-refractivity contribution in [2.75, 3.05) is 25.0 Å². The quantitative estimate of drug-likeness (QED) is 0.907. The summed E-state index contributed by atoms with van der Waals surface area (Å²) < 4.78 is 0. The van der Waals surface area contributed by atoms with E-state index in [0.29, 0.717) is 11.3 Å². The number of aromatic nitrogens is 3. The Morgan fingerprint density at radius 3 is 2.88 bits per heavy atom. The standard InChI is InChI=1S/C20H29N5/c1-15-7-5-9-22-19(15)24-18-12-21-11-17(23-18)16-8-6-10-25(13-16)14-20(2,3)4/h5,7,9,11-12,16H,6,8,10,13-14H2,1-4H3,(H,22,23,24). The highest BCUT2D eigenvalue weighted by atomic mass is 15.1. The molecule has 0 radical (unpaired) electrons. The summed E-state index contributed by atoms with van der Waals surface area (Å²) in [6, 6.07) is 3.98. The SMILES string of the molecule is Cc1cccnc1Nc1cncc(C2CCCN(CC(C)(C)C)C2)n1. The van der Waals surface area contributed by atoms with Crippen LogP contribution in [0.3, 0.4) is 0 Å². The Balaban J connectivity index is 1.71. The van der Waals surface area contributed by atoms with E-state index in [2.05, 4.69) is 41.0 Å². The molecule has 0 bridgehead atoms. The highest BCUT2D eigenvalue weighted by Crippen LogP contribution is 2.28. The number of pyridine rings is 1. The highest BCUT2D eigenvalue weighted by Gasteiger charge is 2.25. The summed E-state index contributed by atoms with van der Waals surface area (Å²) in [7, 11) is 0. The fourth-order valence-electron chi connectivity index (χ4n) is 3.49. The van der Waals surface area contributed by atoms with Gasteiger partial charge in [0.15, 0.2) is 0 Å². The Morgan fingerprint density at radius 2 is 2.12 bits per heavy atom. The molecule has 2 aromatic rings. The Labute approximate surface area is 150 Å². The van der Waals surface area contributed by atoms with Gasteiger partial charge < -0.3 is 10.2 Å². The second kappa shape index (κ2) is 7.48. The van der Waals surface area contributed by atoms with Crippen LogP contribution in [0.4, 0.5) is 11.6 Å². The highest BCUT2D eigenvalue weighted by molar-refractivity contribution is 5.54. The molecule has 134 valence electrons. The zero-order valence-electron chi connectivity index (χ0n) is 15.8. The van der Waals surface area contributed by atoms with E-state index in [-0.39, 0.29) is 0 Å². The summed E-state index contributed by atoms with van der Waals surface area (Å²) in [5.74, 6) is 2.06. The third-order valence-electron chi connectivity index (χ3n) is 4.53. The van der Waals surface area contributed by atoms with Crippen molar-refractivity contribution in [3.05, 3.63) is 42.0 Å². The van der Waals surface area contributed by atoms with Crippen LogP contribution in [0.15, 0.2) is 30.7 Å². The van der Waals surface area contributed by atoms with Gasteiger partial charge in [0.1, 0.15) is 11.6 Å². The molecule has 1 saturated heterocycles. The van der Waals surface area contributed by atoms with Crippen molar-refractivity contribution in [1.82, 2.24) is 19.9 Å². The van der Waals surface area contributed by atoms with Gasteiger partial charge in [-0.15, -0.1) is 0 Å². The van der Waals surface area contributed by atoms with Gasteiger partial charge in [0.25, 0.3) is 0 Å². The molecule has 2 aromatic heterocycles. The largest absolute Gasteiger partial charge is 0.323 e. The van der Waals surface area contributed by atoms with Gasteiger partial charge in [-0.3, -0.25) is 4.98 Å². The van der Waals surface area contributed by atoms with Crippen molar-refractivity contribution in [3.63, 3.8) is 0 Å². The van der Waals surface area contributed by atoms with Crippen molar-refractivity contribution < 1.29 is 0 Å². The molecular weight excluding hydrogens is 310 g/mol. The maximum absolute atomic E-state index is 4.82. The number of likely N-dealkylation sites (tertiary alicyclic amines) is 1. The first-order chi connectivity index (χ1) is 11.9. The minimum Gasteiger partial charge on any atom is -0.323 e. The van der Waals surface area contributed by atoms with E-state index in [0.717, 1.165) is 36.0 Å². The zero-order chi connectivity index (χ0) is 17.9. The van der Waals surface area contributed by atoms with Gasteiger partial charge in [-0.05, 0) is 43.4 Å². The van der Waals surface area contributed by atoms with Gasteiger partial charge in [-0.2, -0.15) is 0 Å². The first-order valence-electron chi connectivity index (χ1n) is 9.14. The van der Waals surface area contributed by atoms with Crippen LogP contribution in [0.5, 0.6) is 0 Å². The van der Waals surface area contributed by atoms with E-state index in [1.54, 1.807) is 12.4 Å². The van der Waals surface area contributed by atoms with Crippen LogP contribution >= 0.6 is 0 Å². The number of nitrogens with zero attached hydrogens (tertiary/aromatic N) is 4. The minimum absolute atomic E-state index is 0.327. The fraction of sp³-hybridized carbons (Fsp3) is 0.550. The molecule has 0 amide bonds. The summed E-state index contributed by atoms with van der Waals surface area (Å²) in [5, 5.41) is 3.30. The van der Waals surface area contributed by atoms with Gasteiger partial charge in [-0.1, -0.05) is 26.8 Å². The van der Waals surface area contributed by atoms with E-state index < -0.39 is 0 Å². The summed E-state index contributed by atoms with van der Waals surface area (Å²) in [6.07, 6.45) is 7.88. The number of hydrogen-bond donors (Lipinski definition) is 1. The number of hydrogen-bond acceptors (Lipinski definition) is 5. The number of piperidine rings is 1. The van der Waals surface area contributed by atoms with Crippen molar-refractivity contribution in [2.45, 2.75) is 46.5 Å². The Bertz CT molecular complexity index is 707. The summed E-state index contributed by atoms with van der Waals surface area (Å²) >= 11 is 0. The Morgan fingerprint density at radius 1 is 1.28 bits per heavy atom. The second-order valence-electron chi connectivity index (χ2n) is 8.26. The summed E-state index contributed by atoms with van der Waals surface area (Å²) in [6.45, 7) is 12.3. The molecule has 1 N–H and O–H groups in total. The lowest BCUT2D eigenvalue weighted by atomic mass is 9.91. The number of anilines is 2. The molecule has 1 aliphatic heterocycles. The molecule has 3 heterocycles. The minimum atomic E-state index is 0.327. The molecule has 1 atom stereocenters. The van der Waals surface area contributed by atoms with Gasteiger partial charge in [-0.25, -0.2) is 9.97 Å². The predicted octanol–water partition coefficient (Wildman–Crippen LogP) is 4.15. The van der Waals surface area contributed by atoms with Gasteiger partial charge in [0.05, 0.1) is 11.9 Å². The topological polar surface area (TPSA) is 53.9 Å². The molecule has 0 saturated carbocycles. The molecule has 0 aromatic carbocycles. The smallest absolute Gasteiger partial charge is 0.150 e. The van der Waals surface area contributed by atoms with Crippen LogP contribution in [-0.4, -0.2) is 39.5 Å². The third-order valence-corrected chi connectivity index (χ3v) is 4.53. The molecule has 1 aliphatic rings. The molecule has 5 nitrogen and oxygen atoms in total. The number of rotatable bonds is 4. The van der Waals surface area contributed by atoms with Crippen molar-refractivity contribution in [2.24, 2.45) is 5.41 Å². The predicted molar refractivity (Wildman–Crippen MR) is 102 cm³/mol. The molecule has 1 unspecified atom stereocenters. The lowest BCUT2D eigenvalue weighted by molar-refractivity contribution is 0.149. The summed E-state index contributed by atoms with van der Waals surface area (Å²) in [5.41, 5.74) is 2.51. The Hall–Kier alpha value is -2.01. The van der Waals surface area contributed by atoms with Crippen LogP contribution in [-0.2, 0) is 0 Å². The molecular formula is C20H29N5. The van der Waals surface area contributed by atoms with Crippen LogP contribution in [0.25, 0.3) is 0 Å². The Kier molecular flexibility index (Phi) is 5.33. The van der Waals surface area contributed by atoms with Crippen molar-refractivity contribution in [3.8, 4) is 0 Å². The lowest BCUT2D eigenvalue weighted by Gasteiger charge is -2.36. The van der Waals surface area contributed by atoms with Gasteiger partial charge in [0.2, 0.25) is 0 Å². The maximum Gasteiger partial charge on any atom is 0.150 e. The van der Waals surface area contributed by atoms with Gasteiger partial charge >= 0.3 is 0 Å². The van der Waals surface area contributed by atoms with Crippen LogP contribution in [0.1, 0.15) is 50.8 Å². The molecule has 0 aliphatic carbocycles. The van der Waals surface area contributed by atoms with E-state index >= 15 is 0 Å². The van der Waals surface area contributed by atoms with E-state index in [4.69, 9.17) is 4.98 Å². The summed E-state index contributed by atoms with van der Waals surface area (Å²) in [4.78, 5) is 16.2. The number of aryl methyl sites for hydroxylation is 1. The molecule has 3 rings (SSSR count). The van der Waals surface area contributed by atoms with Gasteiger partial charge in [0, 0.05) is 31.4 Å². The average molecular weight is 339 g/mol. The first kappa shape index (κ1) is 17.8. The molecule has 25 heavy (non-hydrogen) atoms. The normalized spacial score (nSPS) is 19.0. The number of nitrogens with one attached hydrogen (secondary N) is 1. The molecule has 0 spiro atoms. The second-order valence-corrected chi connectivity index (χ2v) is 8.26. The molecule has 5 heteroatoms. The fourth-order valence-corrected chi connectivity index (χ4v) is 3.49. The van der Waals surface area contributed by atoms with Crippen molar-refractivity contribution in [1.29, 1.82) is 0 Å².